The van der Waals surface area contributed by atoms with E-state index in [1.807, 2.05) is 29.8 Å². The van der Waals surface area contributed by atoms with Crippen LogP contribution in [0.5, 0.6) is 0 Å². The number of nitrogens with two attached hydrogens (primary N) is 1. The van der Waals surface area contributed by atoms with Gasteiger partial charge >= 0.3 is 0 Å². The van der Waals surface area contributed by atoms with Gasteiger partial charge in [-0.25, -0.2) is 0 Å². The average Bonchev–Trinajstić information content (AvgIpc) is 2.98. The van der Waals surface area contributed by atoms with E-state index in [-0.39, 0.29) is 18.0 Å². The molecule has 0 fully saturated rings. The standard InChI is InChI=1S/C16H18Cl2N2OS/c1-10(13-6-5-12(17)8-14(13)18)20-16(21)9-19-11(2)15-4-3-7-22-15/h3-8,10-11,19H,9H2,1-2H3,(H,20,21)/p+1/t10-,11+/m0/s1. The highest BCUT2D eigenvalue weighted by molar-refractivity contribution is 7.10. The van der Waals surface area contributed by atoms with Crippen molar-refractivity contribution in [3.05, 3.63) is 56.2 Å². The van der Waals surface area contributed by atoms with Gasteiger partial charge in [-0.15, -0.1) is 11.3 Å². The zero-order valence-electron chi connectivity index (χ0n) is 12.5. The van der Waals surface area contributed by atoms with Crippen molar-refractivity contribution >= 4 is 40.4 Å². The van der Waals surface area contributed by atoms with Gasteiger partial charge in [0.25, 0.3) is 5.91 Å². The molecule has 22 heavy (non-hydrogen) atoms. The van der Waals surface area contributed by atoms with E-state index in [0.29, 0.717) is 16.6 Å². The monoisotopic (exact) mass is 357 g/mol. The Hall–Kier alpha value is -1.07. The molecule has 0 radical (unpaired) electrons. The summed E-state index contributed by atoms with van der Waals surface area (Å²) in [4.78, 5) is 13.3. The van der Waals surface area contributed by atoms with Gasteiger partial charge in [0.1, 0.15) is 6.04 Å². The van der Waals surface area contributed by atoms with Crippen LogP contribution in [0.3, 0.4) is 0 Å². The van der Waals surface area contributed by atoms with Gasteiger partial charge in [-0.1, -0.05) is 35.3 Å². The first-order valence-corrected chi connectivity index (χ1v) is 8.72. The smallest absolute Gasteiger partial charge is 0.275 e. The lowest BCUT2D eigenvalue weighted by Crippen LogP contribution is -2.86. The minimum absolute atomic E-state index is 0.0121. The van der Waals surface area contributed by atoms with Crippen molar-refractivity contribution in [1.29, 1.82) is 0 Å². The third-order valence-corrected chi connectivity index (χ3v) is 5.09. The highest BCUT2D eigenvalue weighted by atomic mass is 35.5. The van der Waals surface area contributed by atoms with Gasteiger partial charge in [0.05, 0.1) is 10.9 Å². The van der Waals surface area contributed by atoms with Crippen molar-refractivity contribution in [2.75, 3.05) is 6.54 Å². The van der Waals surface area contributed by atoms with Crippen LogP contribution in [0, 0.1) is 0 Å². The molecule has 0 spiro atoms. The van der Waals surface area contributed by atoms with Crippen LogP contribution in [-0.2, 0) is 4.79 Å². The summed E-state index contributed by atoms with van der Waals surface area (Å²) in [6.07, 6.45) is 0. The van der Waals surface area contributed by atoms with Crippen molar-refractivity contribution in [2.45, 2.75) is 25.9 Å². The molecule has 0 saturated heterocycles. The Balaban J connectivity index is 1.86. The van der Waals surface area contributed by atoms with E-state index in [1.165, 1.54) is 4.88 Å². The molecule has 0 aliphatic rings. The minimum atomic E-state index is -0.150. The van der Waals surface area contributed by atoms with Crippen LogP contribution < -0.4 is 10.6 Å². The summed E-state index contributed by atoms with van der Waals surface area (Å²) >= 11 is 13.7. The maximum absolute atomic E-state index is 12.1. The molecule has 2 rings (SSSR count). The number of quaternary nitrogens is 1. The second-order valence-corrected chi connectivity index (χ2v) is 7.02. The van der Waals surface area contributed by atoms with E-state index in [1.54, 1.807) is 23.5 Å². The summed E-state index contributed by atoms with van der Waals surface area (Å²) in [7, 11) is 0. The van der Waals surface area contributed by atoms with Crippen LogP contribution in [0.15, 0.2) is 35.7 Å². The number of benzene rings is 1. The molecule has 0 saturated carbocycles. The largest absolute Gasteiger partial charge is 0.345 e. The number of thiophene rings is 1. The molecule has 3 nitrogen and oxygen atoms in total. The molecule has 1 aromatic heterocycles. The molecule has 0 unspecified atom stereocenters. The predicted octanol–water partition coefficient (Wildman–Crippen LogP) is 3.56. The predicted molar refractivity (Wildman–Crippen MR) is 92.5 cm³/mol. The van der Waals surface area contributed by atoms with Crippen LogP contribution in [0.1, 0.15) is 36.4 Å². The number of carbonyl (C=O) groups excluding carboxylic acids is 1. The Morgan fingerprint density at radius 2 is 2.09 bits per heavy atom. The molecule has 118 valence electrons. The number of carbonyl (C=O) groups is 1. The number of hydrogen-bond acceptors (Lipinski definition) is 2. The topological polar surface area (TPSA) is 45.7 Å². The Morgan fingerprint density at radius 3 is 2.73 bits per heavy atom. The van der Waals surface area contributed by atoms with Crippen LogP contribution >= 0.6 is 34.5 Å². The first-order chi connectivity index (χ1) is 10.5. The zero-order valence-corrected chi connectivity index (χ0v) is 14.8. The fraction of sp³-hybridized carbons (Fsp3) is 0.312. The second kappa shape index (κ2) is 7.97. The van der Waals surface area contributed by atoms with Crippen LogP contribution in [-0.4, -0.2) is 12.5 Å². The summed E-state index contributed by atoms with van der Waals surface area (Å²) in [6, 6.07) is 9.54. The lowest BCUT2D eigenvalue weighted by atomic mass is 10.1. The molecule has 0 bridgehead atoms. The maximum atomic E-state index is 12.1. The van der Waals surface area contributed by atoms with E-state index in [0.717, 1.165) is 5.56 Å². The summed E-state index contributed by atoms with van der Waals surface area (Å²) in [5.41, 5.74) is 0.866. The number of rotatable bonds is 6. The quantitative estimate of drug-likeness (QED) is 0.815. The van der Waals surface area contributed by atoms with Crippen LogP contribution in [0.4, 0.5) is 0 Å². The first kappa shape index (κ1) is 17.3. The summed E-state index contributed by atoms with van der Waals surface area (Å²) in [5.74, 6) is -0.0121. The minimum Gasteiger partial charge on any atom is -0.345 e. The van der Waals surface area contributed by atoms with E-state index in [9.17, 15) is 4.79 Å². The van der Waals surface area contributed by atoms with Crippen molar-refractivity contribution in [3.63, 3.8) is 0 Å². The van der Waals surface area contributed by atoms with Crippen LogP contribution in [0.25, 0.3) is 0 Å². The van der Waals surface area contributed by atoms with E-state index >= 15 is 0 Å². The molecular weight excluding hydrogens is 339 g/mol. The van der Waals surface area contributed by atoms with Crippen molar-refractivity contribution in [3.8, 4) is 0 Å². The highest BCUT2D eigenvalue weighted by Crippen LogP contribution is 2.25. The maximum Gasteiger partial charge on any atom is 0.275 e. The van der Waals surface area contributed by atoms with Gasteiger partial charge in [-0.2, -0.15) is 0 Å². The fourth-order valence-electron chi connectivity index (χ4n) is 2.18. The third-order valence-electron chi connectivity index (χ3n) is 3.46. The van der Waals surface area contributed by atoms with Gasteiger partial charge in [0, 0.05) is 10.0 Å². The van der Waals surface area contributed by atoms with Gasteiger partial charge in [0.2, 0.25) is 0 Å². The number of nitrogens with one attached hydrogen (secondary N) is 1. The molecule has 0 aliphatic carbocycles. The zero-order chi connectivity index (χ0) is 16.1. The Labute approximate surface area is 144 Å². The molecular formula is C16H19Cl2N2OS+. The van der Waals surface area contributed by atoms with Crippen LogP contribution in [0.2, 0.25) is 10.0 Å². The molecule has 0 aliphatic heterocycles. The van der Waals surface area contributed by atoms with Crippen molar-refractivity contribution in [2.24, 2.45) is 0 Å². The van der Waals surface area contributed by atoms with E-state index in [2.05, 4.69) is 18.3 Å². The number of amides is 1. The molecule has 2 aromatic rings. The van der Waals surface area contributed by atoms with Gasteiger partial charge < -0.3 is 10.6 Å². The Morgan fingerprint density at radius 1 is 1.32 bits per heavy atom. The van der Waals surface area contributed by atoms with E-state index < -0.39 is 0 Å². The molecule has 2 atom stereocenters. The first-order valence-electron chi connectivity index (χ1n) is 7.08. The number of hydrogen-bond donors (Lipinski definition) is 2. The summed E-state index contributed by atoms with van der Waals surface area (Å²) in [5, 5.41) is 8.19. The van der Waals surface area contributed by atoms with Gasteiger partial charge in [-0.3, -0.25) is 4.79 Å². The van der Waals surface area contributed by atoms with Gasteiger partial charge in [-0.05, 0) is 43.0 Å². The average molecular weight is 358 g/mol. The molecule has 3 N–H and O–H groups in total. The van der Waals surface area contributed by atoms with Gasteiger partial charge in [0.15, 0.2) is 6.54 Å². The summed E-state index contributed by atoms with van der Waals surface area (Å²) in [6.45, 7) is 4.39. The highest BCUT2D eigenvalue weighted by Gasteiger charge is 2.16. The molecule has 6 heteroatoms. The SMILES string of the molecule is C[C@H](NC(=O)C[NH2+][C@H](C)c1cccs1)c1ccc(Cl)cc1Cl. The Kier molecular flexibility index (Phi) is 6.26. The van der Waals surface area contributed by atoms with Crippen molar-refractivity contribution in [1.82, 2.24) is 5.32 Å². The molecule has 1 heterocycles. The normalized spacial score (nSPS) is 13.6. The number of halogens is 2. The third kappa shape index (κ3) is 4.71. The van der Waals surface area contributed by atoms with E-state index in [4.69, 9.17) is 23.2 Å². The second-order valence-electron chi connectivity index (χ2n) is 5.20. The molecule has 1 aromatic carbocycles. The lowest BCUT2D eigenvalue weighted by Gasteiger charge is -2.16. The fourth-order valence-corrected chi connectivity index (χ4v) is 3.54. The summed E-state index contributed by atoms with van der Waals surface area (Å²) < 4.78 is 0. The Bertz CT molecular complexity index is 631. The van der Waals surface area contributed by atoms with Crippen molar-refractivity contribution < 1.29 is 10.1 Å². The lowest BCUT2D eigenvalue weighted by molar-refractivity contribution is -0.682. The molecule has 1 amide bonds.